The Hall–Kier alpha value is -2.38. The number of nitrogens with zero attached hydrogens (tertiary/aromatic N) is 1. The van der Waals surface area contributed by atoms with Crippen molar-refractivity contribution in [1.29, 1.82) is 5.26 Å². The van der Waals surface area contributed by atoms with Crippen molar-refractivity contribution in [2.24, 2.45) is 5.73 Å². The average molecular weight is 284 g/mol. The lowest BCUT2D eigenvalue weighted by Crippen LogP contribution is -2.17. The van der Waals surface area contributed by atoms with Gasteiger partial charge in [-0.2, -0.15) is 5.26 Å². The number of nitrogens with two attached hydrogens (primary N) is 1. The largest absolute Gasteiger partial charge is 0.489 e. The van der Waals surface area contributed by atoms with Crippen LogP contribution in [0.15, 0.2) is 42.5 Å². The fourth-order valence-electron chi connectivity index (χ4n) is 2.05. The van der Waals surface area contributed by atoms with Crippen molar-refractivity contribution in [2.45, 2.75) is 26.0 Å². The summed E-state index contributed by atoms with van der Waals surface area (Å²) < 4.78 is 19.3. The van der Waals surface area contributed by atoms with Gasteiger partial charge in [-0.1, -0.05) is 12.1 Å². The Balaban J connectivity index is 2.08. The summed E-state index contributed by atoms with van der Waals surface area (Å²) in [4.78, 5) is 0. The molecule has 0 aliphatic carbocycles. The Morgan fingerprint density at radius 3 is 2.81 bits per heavy atom. The van der Waals surface area contributed by atoms with Gasteiger partial charge in [0.1, 0.15) is 18.2 Å². The summed E-state index contributed by atoms with van der Waals surface area (Å²) >= 11 is 0. The van der Waals surface area contributed by atoms with Gasteiger partial charge in [-0.05, 0) is 49.2 Å². The third-order valence-corrected chi connectivity index (χ3v) is 3.03. The fraction of sp³-hybridized carbons (Fsp3) is 0.235. The average Bonchev–Trinajstić information content (AvgIpc) is 2.46. The highest BCUT2D eigenvalue weighted by molar-refractivity contribution is 5.34. The predicted molar refractivity (Wildman–Crippen MR) is 79.2 cm³/mol. The zero-order valence-corrected chi connectivity index (χ0v) is 11.8. The van der Waals surface area contributed by atoms with Crippen LogP contribution in [0, 0.1) is 17.1 Å². The molecule has 2 aromatic rings. The van der Waals surface area contributed by atoms with E-state index in [4.69, 9.17) is 15.7 Å². The normalized spacial score (nSPS) is 11.7. The quantitative estimate of drug-likeness (QED) is 0.917. The molecule has 2 rings (SSSR count). The molecule has 0 saturated heterocycles. The lowest BCUT2D eigenvalue weighted by Gasteiger charge is -2.10. The van der Waals surface area contributed by atoms with Gasteiger partial charge in [0.15, 0.2) is 0 Å². The van der Waals surface area contributed by atoms with E-state index in [1.54, 1.807) is 0 Å². The zero-order valence-electron chi connectivity index (χ0n) is 11.8. The number of nitriles is 1. The molecule has 21 heavy (non-hydrogen) atoms. The van der Waals surface area contributed by atoms with Crippen LogP contribution in [-0.2, 0) is 13.0 Å². The summed E-state index contributed by atoms with van der Waals surface area (Å²) in [5, 5.41) is 8.83. The Morgan fingerprint density at radius 2 is 2.10 bits per heavy atom. The van der Waals surface area contributed by atoms with Crippen molar-refractivity contribution < 1.29 is 9.13 Å². The molecule has 0 amide bonds. The van der Waals surface area contributed by atoms with E-state index in [9.17, 15) is 4.39 Å². The number of benzene rings is 2. The summed E-state index contributed by atoms with van der Waals surface area (Å²) in [6.45, 7) is 2.03. The van der Waals surface area contributed by atoms with Gasteiger partial charge in [0, 0.05) is 11.6 Å². The highest BCUT2D eigenvalue weighted by atomic mass is 19.1. The maximum absolute atomic E-state index is 13.7. The summed E-state index contributed by atoms with van der Waals surface area (Å²) in [6, 6.07) is 13.9. The van der Waals surface area contributed by atoms with Gasteiger partial charge in [0.25, 0.3) is 0 Å². The molecule has 0 aliphatic heterocycles. The minimum Gasteiger partial charge on any atom is -0.489 e. The number of rotatable bonds is 5. The van der Waals surface area contributed by atoms with E-state index >= 15 is 0 Å². The first-order chi connectivity index (χ1) is 10.1. The molecule has 0 heterocycles. The van der Waals surface area contributed by atoms with E-state index in [0.717, 1.165) is 12.0 Å². The Kier molecular flexibility index (Phi) is 4.91. The molecule has 3 nitrogen and oxygen atoms in total. The van der Waals surface area contributed by atoms with E-state index in [-0.39, 0.29) is 18.5 Å². The van der Waals surface area contributed by atoms with Crippen molar-refractivity contribution in [2.75, 3.05) is 0 Å². The number of hydrogen-bond donors (Lipinski definition) is 1. The molecule has 0 bridgehead atoms. The topological polar surface area (TPSA) is 59.0 Å². The Labute approximate surface area is 123 Å². The molecule has 0 fully saturated rings. The fourth-order valence-corrected chi connectivity index (χ4v) is 2.05. The van der Waals surface area contributed by atoms with Crippen LogP contribution < -0.4 is 10.5 Å². The highest BCUT2D eigenvalue weighted by Crippen LogP contribution is 2.18. The Bertz CT molecular complexity index is 662. The first-order valence-electron chi connectivity index (χ1n) is 6.74. The molecule has 1 unspecified atom stereocenters. The van der Waals surface area contributed by atoms with Gasteiger partial charge in [0.2, 0.25) is 0 Å². The van der Waals surface area contributed by atoms with E-state index < -0.39 is 0 Å². The van der Waals surface area contributed by atoms with Crippen LogP contribution in [0.4, 0.5) is 4.39 Å². The van der Waals surface area contributed by atoms with Crippen LogP contribution in [0.2, 0.25) is 0 Å². The molecule has 0 radical (unpaired) electrons. The molecule has 108 valence electrons. The summed E-state index contributed by atoms with van der Waals surface area (Å²) in [5.74, 6) is 0.288. The van der Waals surface area contributed by atoms with Crippen LogP contribution >= 0.6 is 0 Å². The molecule has 0 saturated carbocycles. The molecule has 2 N–H and O–H groups in total. The Morgan fingerprint density at radius 1 is 1.29 bits per heavy atom. The minimum absolute atomic E-state index is 0.0741. The van der Waals surface area contributed by atoms with Crippen LogP contribution in [0.25, 0.3) is 0 Å². The molecule has 2 aromatic carbocycles. The molecular weight excluding hydrogens is 267 g/mol. The second-order valence-corrected chi connectivity index (χ2v) is 5.04. The first kappa shape index (κ1) is 15.0. The van der Waals surface area contributed by atoms with E-state index in [0.29, 0.717) is 16.9 Å². The van der Waals surface area contributed by atoms with Crippen molar-refractivity contribution in [3.63, 3.8) is 0 Å². The lowest BCUT2D eigenvalue weighted by atomic mass is 10.1. The van der Waals surface area contributed by atoms with E-state index in [2.05, 4.69) is 0 Å². The summed E-state index contributed by atoms with van der Waals surface area (Å²) in [6.07, 6.45) is 0.759. The first-order valence-corrected chi connectivity index (χ1v) is 6.74. The zero-order chi connectivity index (χ0) is 15.2. The lowest BCUT2D eigenvalue weighted by molar-refractivity contribution is 0.299. The van der Waals surface area contributed by atoms with Gasteiger partial charge < -0.3 is 10.5 Å². The summed E-state index contributed by atoms with van der Waals surface area (Å²) in [7, 11) is 0. The maximum atomic E-state index is 13.7. The third kappa shape index (κ3) is 4.30. The van der Waals surface area contributed by atoms with Gasteiger partial charge in [0.05, 0.1) is 11.6 Å². The van der Waals surface area contributed by atoms with Crippen LogP contribution in [0.5, 0.6) is 5.75 Å². The molecule has 0 aromatic heterocycles. The second-order valence-electron chi connectivity index (χ2n) is 5.04. The molecule has 1 atom stereocenters. The van der Waals surface area contributed by atoms with Crippen LogP contribution in [0.3, 0.4) is 0 Å². The third-order valence-electron chi connectivity index (χ3n) is 3.03. The van der Waals surface area contributed by atoms with Gasteiger partial charge in [-0.3, -0.25) is 0 Å². The molecule has 4 heteroatoms. The van der Waals surface area contributed by atoms with E-state index in [1.165, 1.54) is 18.2 Å². The van der Waals surface area contributed by atoms with Gasteiger partial charge in [-0.15, -0.1) is 0 Å². The van der Waals surface area contributed by atoms with E-state index in [1.807, 2.05) is 37.3 Å². The van der Waals surface area contributed by atoms with Crippen molar-refractivity contribution in [3.8, 4) is 11.8 Å². The highest BCUT2D eigenvalue weighted by Gasteiger charge is 2.06. The molecular formula is C17H17FN2O. The van der Waals surface area contributed by atoms with Crippen molar-refractivity contribution >= 4 is 0 Å². The monoisotopic (exact) mass is 284 g/mol. The SMILES string of the molecule is CC(N)Cc1cccc(OCc2cc(C#N)ccc2F)c1. The molecule has 0 spiro atoms. The van der Waals surface area contributed by atoms with Crippen molar-refractivity contribution in [1.82, 2.24) is 0 Å². The van der Waals surface area contributed by atoms with Crippen LogP contribution in [0.1, 0.15) is 23.6 Å². The second kappa shape index (κ2) is 6.87. The minimum atomic E-state index is -0.374. The number of ether oxygens (including phenoxy) is 1. The van der Waals surface area contributed by atoms with Crippen LogP contribution in [-0.4, -0.2) is 6.04 Å². The predicted octanol–water partition coefficient (Wildman–Crippen LogP) is 3.17. The smallest absolute Gasteiger partial charge is 0.129 e. The molecule has 0 aliphatic rings. The maximum Gasteiger partial charge on any atom is 0.129 e. The van der Waals surface area contributed by atoms with Gasteiger partial charge in [-0.25, -0.2) is 4.39 Å². The van der Waals surface area contributed by atoms with Crippen molar-refractivity contribution in [3.05, 3.63) is 65.0 Å². The summed E-state index contributed by atoms with van der Waals surface area (Å²) in [5.41, 5.74) is 7.63. The standard InChI is InChI=1S/C17H17FN2O/c1-12(20)7-13-3-2-4-16(9-13)21-11-15-8-14(10-19)5-6-17(15)18/h2-6,8-9,12H,7,11,20H2,1H3. The van der Waals surface area contributed by atoms with Gasteiger partial charge >= 0.3 is 0 Å². The number of halogens is 1. The number of hydrogen-bond acceptors (Lipinski definition) is 3.